The second-order valence-corrected chi connectivity index (χ2v) is 12.9. The largest absolute Gasteiger partial charge is 0.143 e. The third-order valence-electron chi connectivity index (χ3n) is 7.46. The monoisotopic (exact) mass is 680 g/mol. The first-order valence-electron chi connectivity index (χ1n) is 13.2. The van der Waals surface area contributed by atoms with Gasteiger partial charge in [-0.05, 0) is 114 Å². The zero-order valence-corrected chi connectivity index (χ0v) is 26.9. The summed E-state index contributed by atoms with van der Waals surface area (Å²) in [4.78, 5) is 0.988. The summed E-state index contributed by atoms with van der Waals surface area (Å²) in [6, 6.07) is 8.85. The fourth-order valence-corrected chi connectivity index (χ4v) is 7.56. The molecular formula is C31H39Br3S. The van der Waals surface area contributed by atoms with Gasteiger partial charge in [-0.25, -0.2) is 0 Å². The minimum atomic E-state index is -0.402. The third kappa shape index (κ3) is 6.07. The summed E-state index contributed by atoms with van der Waals surface area (Å²) in [5.41, 5.74) is 7.24. The van der Waals surface area contributed by atoms with Gasteiger partial charge in [0, 0.05) is 18.3 Å². The Morgan fingerprint density at radius 1 is 0.743 bits per heavy atom. The van der Waals surface area contributed by atoms with Crippen LogP contribution in [0.2, 0.25) is 0 Å². The zero-order valence-electron chi connectivity index (χ0n) is 21.3. The van der Waals surface area contributed by atoms with Crippen molar-refractivity contribution < 1.29 is 0 Å². The molecule has 0 heterocycles. The lowest BCUT2D eigenvalue weighted by Gasteiger charge is -2.38. The van der Waals surface area contributed by atoms with E-state index in [-0.39, 0.29) is 0 Å². The normalized spacial score (nSPS) is 13.5. The van der Waals surface area contributed by atoms with E-state index in [2.05, 4.69) is 85.9 Å². The average molecular weight is 683 g/mol. The minimum absolute atomic E-state index is 0.402. The van der Waals surface area contributed by atoms with Gasteiger partial charge in [0.25, 0.3) is 0 Å². The molecule has 1 aliphatic carbocycles. The Morgan fingerprint density at radius 2 is 1.29 bits per heavy atom. The summed E-state index contributed by atoms with van der Waals surface area (Å²) in [7, 11) is 0. The molecule has 0 aliphatic heterocycles. The molecule has 0 atom stereocenters. The van der Waals surface area contributed by atoms with Crippen LogP contribution in [0.3, 0.4) is 0 Å². The lowest BCUT2D eigenvalue weighted by molar-refractivity contribution is 0.571. The van der Waals surface area contributed by atoms with Crippen LogP contribution in [0.1, 0.15) is 102 Å². The molecule has 0 saturated carbocycles. The molecule has 0 saturated heterocycles. The van der Waals surface area contributed by atoms with E-state index in [1.54, 1.807) is 0 Å². The van der Waals surface area contributed by atoms with Crippen LogP contribution < -0.4 is 0 Å². The highest BCUT2D eigenvalue weighted by molar-refractivity contribution is 9.14. The van der Waals surface area contributed by atoms with Gasteiger partial charge in [-0.2, -0.15) is 0 Å². The molecule has 0 bridgehead atoms. The van der Waals surface area contributed by atoms with Gasteiger partial charge in [-0.1, -0.05) is 95.6 Å². The van der Waals surface area contributed by atoms with E-state index < -0.39 is 5.41 Å². The average Bonchev–Trinajstić information content (AvgIpc) is 3.12. The molecular weight excluding hydrogens is 644 g/mol. The fourth-order valence-electron chi connectivity index (χ4n) is 5.63. The Balaban J connectivity index is 2.11. The van der Waals surface area contributed by atoms with Gasteiger partial charge in [-0.3, -0.25) is 0 Å². The predicted octanol–water partition coefficient (Wildman–Crippen LogP) is 12.4. The summed E-state index contributed by atoms with van der Waals surface area (Å²) < 4.78 is 3.19. The smallest absolute Gasteiger partial charge is 0.0640 e. The van der Waals surface area contributed by atoms with Gasteiger partial charge in [-0.15, -0.1) is 12.6 Å². The van der Waals surface area contributed by atoms with Crippen molar-refractivity contribution in [3.8, 4) is 11.1 Å². The van der Waals surface area contributed by atoms with Crippen molar-refractivity contribution in [3.05, 3.63) is 73.1 Å². The van der Waals surface area contributed by atoms with Crippen molar-refractivity contribution in [2.24, 2.45) is 0 Å². The molecule has 0 amide bonds. The molecule has 0 fully saturated rings. The Hall–Kier alpha value is -0.290. The topological polar surface area (TPSA) is 0 Å². The van der Waals surface area contributed by atoms with E-state index in [0.29, 0.717) is 0 Å². The van der Waals surface area contributed by atoms with Gasteiger partial charge in [0.15, 0.2) is 0 Å². The molecule has 4 heteroatoms. The van der Waals surface area contributed by atoms with Crippen molar-refractivity contribution in [2.45, 2.75) is 101 Å². The van der Waals surface area contributed by atoms with Crippen LogP contribution >= 0.6 is 60.4 Å². The third-order valence-corrected chi connectivity index (χ3v) is 11.0. The lowest BCUT2D eigenvalue weighted by atomic mass is 9.65. The standard InChI is InChI=1S/C31H39Br3S/c1-5-7-9-11-13-15-21(3)31(22(4)16-14-12-10-8-6-2)26-19-23(35)17-18-24(26)25-20-27(32)29(33)30(34)28(25)31/h17-20,35H,3-16H2,1-2H3. The van der Waals surface area contributed by atoms with E-state index in [0.717, 1.165) is 31.2 Å². The molecule has 1 aliphatic rings. The first kappa shape index (κ1) is 29.3. The van der Waals surface area contributed by atoms with Crippen molar-refractivity contribution in [3.63, 3.8) is 0 Å². The molecule has 0 aromatic heterocycles. The van der Waals surface area contributed by atoms with E-state index in [1.807, 2.05) is 0 Å². The van der Waals surface area contributed by atoms with Crippen LogP contribution in [0.4, 0.5) is 0 Å². The summed E-state index contributed by atoms with van der Waals surface area (Å²) >= 11 is 16.4. The molecule has 2 aromatic carbocycles. The second kappa shape index (κ2) is 13.5. The van der Waals surface area contributed by atoms with Gasteiger partial charge in [0.1, 0.15) is 0 Å². The van der Waals surface area contributed by atoms with Crippen molar-refractivity contribution in [1.82, 2.24) is 0 Å². The minimum Gasteiger partial charge on any atom is -0.143 e. The molecule has 3 rings (SSSR count). The molecule has 0 nitrogen and oxygen atoms in total. The SMILES string of the molecule is C=C(CCCCCCC)C1(C(=C)CCCCCCC)c2cc(S)ccc2-c2cc(Br)c(Br)c(Br)c21. The molecule has 2 aromatic rings. The number of hydrogen-bond acceptors (Lipinski definition) is 1. The van der Waals surface area contributed by atoms with Crippen molar-refractivity contribution in [1.29, 1.82) is 0 Å². The first-order valence-corrected chi connectivity index (χ1v) is 16.0. The Bertz CT molecular complexity index is 1040. The van der Waals surface area contributed by atoms with Crippen molar-refractivity contribution >= 4 is 60.4 Å². The maximum Gasteiger partial charge on any atom is 0.0640 e. The number of unbranched alkanes of at least 4 members (excludes halogenated alkanes) is 8. The number of fused-ring (bicyclic) bond motifs is 3. The van der Waals surface area contributed by atoms with Gasteiger partial charge in [0.2, 0.25) is 0 Å². The van der Waals surface area contributed by atoms with Crippen LogP contribution in [0.15, 0.2) is 66.9 Å². The highest BCUT2D eigenvalue weighted by Crippen LogP contribution is 2.61. The van der Waals surface area contributed by atoms with Gasteiger partial charge >= 0.3 is 0 Å². The van der Waals surface area contributed by atoms with Crippen molar-refractivity contribution in [2.75, 3.05) is 0 Å². The molecule has 0 spiro atoms. The van der Waals surface area contributed by atoms with Gasteiger partial charge < -0.3 is 0 Å². The lowest BCUT2D eigenvalue weighted by Crippen LogP contribution is -2.30. The number of halogens is 3. The van der Waals surface area contributed by atoms with E-state index in [1.165, 1.54) is 97.6 Å². The summed E-state index contributed by atoms with van der Waals surface area (Å²) in [5, 5.41) is 0. The molecule has 0 unspecified atom stereocenters. The van der Waals surface area contributed by atoms with E-state index in [9.17, 15) is 0 Å². The molecule has 0 N–H and O–H groups in total. The number of hydrogen-bond donors (Lipinski definition) is 1. The number of benzene rings is 2. The number of allylic oxidation sites excluding steroid dienone is 2. The van der Waals surface area contributed by atoms with E-state index >= 15 is 0 Å². The second-order valence-electron chi connectivity index (χ2n) is 9.92. The highest BCUT2D eigenvalue weighted by Gasteiger charge is 2.48. The Labute approximate surface area is 244 Å². The highest BCUT2D eigenvalue weighted by atomic mass is 79.9. The number of thiol groups is 1. The summed E-state index contributed by atoms with van der Waals surface area (Å²) in [6.07, 6.45) is 14.6. The molecule has 35 heavy (non-hydrogen) atoms. The maximum absolute atomic E-state index is 4.79. The summed E-state index contributed by atoms with van der Waals surface area (Å²) in [6.45, 7) is 14.1. The van der Waals surface area contributed by atoms with E-state index in [4.69, 9.17) is 25.8 Å². The summed E-state index contributed by atoms with van der Waals surface area (Å²) in [5.74, 6) is 0. The quantitative estimate of drug-likeness (QED) is 0.0872. The first-order chi connectivity index (χ1) is 16.8. The number of rotatable bonds is 14. The van der Waals surface area contributed by atoms with Crippen LogP contribution in [0.25, 0.3) is 11.1 Å². The Kier molecular flexibility index (Phi) is 11.3. The predicted molar refractivity (Wildman–Crippen MR) is 168 cm³/mol. The fraction of sp³-hybridized carbons (Fsp3) is 0.484. The van der Waals surface area contributed by atoms with Crippen LogP contribution in [-0.4, -0.2) is 0 Å². The van der Waals surface area contributed by atoms with Crippen LogP contribution in [-0.2, 0) is 5.41 Å². The molecule has 190 valence electrons. The molecule has 0 radical (unpaired) electrons. The van der Waals surface area contributed by atoms with Crippen LogP contribution in [0.5, 0.6) is 0 Å². The van der Waals surface area contributed by atoms with Crippen LogP contribution in [0, 0.1) is 0 Å². The maximum atomic E-state index is 4.79. The zero-order chi connectivity index (χ0) is 25.6. The Morgan fingerprint density at radius 3 is 1.83 bits per heavy atom. The van der Waals surface area contributed by atoms with Gasteiger partial charge in [0.05, 0.1) is 5.41 Å².